The lowest BCUT2D eigenvalue weighted by atomic mass is 9.77. The molecule has 17 heteroatoms. The van der Waals surface area contributed by atoms with Crippen molar-refractivity contribution < 1.29 is 68.4 Å². The molecule has 272 valence electrons. The van der Waals surface area contributed by atoms with Crippen LogP contribution in [-0.2, 0) is 16.8 Å². The third kappa shape index (κ3) is 11.4. The van der Waals surface area contributed by atoms with Crippen LogP contribution in [0.2, 0.25) is 0 Å². The summed E-state index contributed by atoms with van der Waals surface area (Å²) in [6, 6.07) is 12.7. The maximum atomic E-state index is 13.2. The molecule has 1 fully saturated rings. The summed E-state index contributed by atoms with van der Waals surface area (Å²) in [5, 5.41) is 13.3. The topological polar surface area (TPSA) is 106 Å². The first kappa shape index (κ1) is 38.0. The summed E-state index contributed by atoms with van der Waals surface area (Å²) < 4.78 is 132. The minimum Gasteiger partial charge on any atom is -0.493 e. The molecule has 1 aliphatic carbocycles. The second-order valence-corrected chi connectivity index (χ2v) is 11.7. The van der Waals surface area contributed by atoms with Crippen LogP contribution in [0.3, 0.4) is 0 Å². The van der Waals surface area contributed by atoms with Gasteiger partial charge < -0.3 is 30.0 Å². The van der Waals surface area contributed by atoms with E-state index in [9.17, 15) is 54.2 Å². The van der Waals surface area contributed by atoms with E-state index in [1.54, 1.807) is 5.32 Å². The average Bonchev–Trinajstić information content (AvgIpc) is 3.01. The van der Waals surface area contributed by atoms with Gasteiger partial charge in [0.2, 0.25) is 0 Å². The molecule has 0 aromatic heterocycles. The van der Waals surface area contributed by atoms with Gasteiger partial charge in [0, 0.05) is 6.42 Å². The Kier molecular flexibility index (Phi) is 11.7. The van der Waals surface area contributed by atoms with Gasteiger partial charge in [-0.15, -0.1) is 26.3 Å². The molecule has 0 unspecified atom stereocenters. The number of benzene rings is 3. The van der Waals surface area contributed by atoms with Crippen molar-refractivity contribution in [3.05, 3.63) is 89.5 Å². The normalized spacial score (nSPS) is 17.1. The molecule has 0 spiro atoms. The molecule has 2 amide bonds. The molecule has 3 N–H and O–H groups in total. The Hall–Kier alpha value is -4.83. The molecule has 0 bridgehead atoms. The van der Waals surface area contributed by atoms with Crippen LogP contribution in [0.15, 0.2) is 72.8 Å². The van der Waals surface area contributed by atoms with Crippen molar-refractivity contribution in [2.24, 2.45) is 11.8 Å². The van der Waals surface area contributed by atoms with E-state index in [1.165, 1.54) is 36.4 Å². The number of urea groups is 1. The van der Waals surface area contributed by atoms with E-state index in [4.69, 9.17) is 4.74 Å². The van der Waals surface area contributed by atoms with Gasteiger partial charge in [-0.3, -0.25) is 4.79 Å². The van der Waals surface area contributed by atoms with Crippen molar-refractivity contribution in [2.75, 3.05) is 13.2 Å². The quantitative estimate of drug-likeness (QED) is 0.163. The zero-order valence-corrected chi connectivity index (χ0v) is 25.9. The predicted octanol–water partition coefficient (Wildman–Crippen LogP) is 8.10. The number of hydrogen-bond acceptors (Lipinski definition) is 5. The van der Waals surface area contributed by atoms with Crippen LogP contribution >= 0.6 is 0 Å². The SMILES string of the molecule is O=C(NCC(F)(F)F)NC(Cc1ccc(OC[C@@H]2CCC[C@H](C(=O)O)C2)cc1)(c1cccc(OC(F)(F)F)c1)c1cccc(OC(F)(F)F)c1. The zero-order valence-electron chi connectivity index (χ0n) is 25.9. The summed E-state index contributed by atoms with van der Waals surface area (Å²) in [6.45, 7) is -1.59. The number of hydrogen-bond donors (Lipinski definition) is 3. The minimum absolute atomic E-state index is 0.0195. The van der Waals surface area contributed by atoms with E-state index in [0.29, 0.717) is 24.2 Å². The molecular formula is C33H31F9N2O6. The average molecular weight is 723 g/mol. The number of amides is 2. The van der Waals surface area contributed by atoms with Gasteiger partial charge in [-0.25, -0.2) is 4.79 Å². The number of aliphatic carboxylic acids is 1. The smallest absolute Gasteiger partial charge is 0.493 e. The van der Waals surface area contributed by atoms with Gasteiger partial charge in [-0.05, 0) is 78.3 Å². The maximum absolute atomic E-state index is 13.2. The van der Waals surface area contributed by atoms with Crippen LogP contribution in [0.5, 0.6) is 17.2 Å². The van der Waals surface area contributed by atoms with Crippen LogP contribution in [-0.4, -0.2) is 49.2 Å². The van der Waals surface area contributed by atoms with Crippen LogP contribution in [0.4, 0.5) is 44.3 Å². The summed E-state index contributed by atoms with van der Waals surface area (Å²) >= 11 is 0. The zero-order chi connectivity index (χ0) is 36.7. The Balaban J connectivity index is 1.74. The molecule has 1 aliphatic rings. The van der Waals surface area contributed by atoms with Crippen molar-refractivity contribution >= 4 is 12.0 Å². The Labute approximate surface area is 279 Å². The number of alkyl halides is 9. The van der Waals surface area contributed by atoms with Gasteiger partial charge in [0.1, 0.15) is 23.8 Å². The van der Waals surface area contributed by atoms with Gasteiger partial charge in [-0.2, -0.15) is 13.2 Å². The number of carboxylic acids is 1. The second-order valence-electron chi connectivity index (χ2n) is 11.7. The first-order chi connectivity index (χ1) is 23.3. The molecule has 8 nitrogen and oxygen atoms in total. The van der Waals surface area contributed by atoms with Crippen LogP contribution in [0.25, 0.3) is 0 Å². The highest BCUT2D eigenvalue weighted by Gasteiger charge is 2.40. The van der Waals surface area contributed by atoms with Gasteiger partial charge in [0.25, 0.3) is 0 Å². The van der Waals surface area contributed by atoms with Crippen LogP contribution in [0, 0.1) is 11.8 Å². The lowest BCUT2D eigenvalue weighted by Gasteiger charge is -2.37. The minimum atomic E-state index is -5.17. The maximum Gasteiger partial charge on any atom is 0.573 e. The second kappa shape index (κ2) is 15.4. The highest BCUT2D eigenvalue weighted by atomic mass is 19.4. The Morgan fingerprint density at radius 1 is 0.760 bits per heavy atom. The highest BCUT2D eigenvalue weighted by molar-refractivity contribution is 5.76. The molecule has 3 aromatic carbocycles. The lowest BCUT2D eigenvalue weighted by Crippen LogP contribution is -2.53. The number of carbonyl (C=O) groups is 2. The number of halogens is 9. The number of carbonyl (C=O) groups excluding carboxylic acids is 1. The molecule has 0 saturated heterocycles. The summed E-state index contributed by atoms with van der Waals surface area (Å²) in [7, 11) is 0. The van der Waals surface area contributed by atoms with Crippen molar-refractivity contribution in [1.29, 1.82) is 0 Å². The first-order valence-electron chi connectivity index (χ1n) is 15.1. The van der Waals surface area contributed by atoms with E-state index in [0.717, 1.165) is 49.2 Å². The number of rotatable bonds is 12. The van der Waals surface area contributed by atoms with Crippen molar-refractivity contribution in [3.63, 3.8) is 0 Å². The van der Waals surface area contributed by atoms with Crippen LogP contribution < -0.4 is 24.8 Å². The number of nitrogens with one attached hydrogen (secondary N) is 2. The Morgan fingerprint density at radius 3 is 1.82 bits per heavy atom. The molecule has 1 saturated carbocycles. The summed E-state index contributed by atoms with van der Waals surface area (Å²) in [5.41, 5.74) is -2.20. The first-order valence-corrected chi connectivity index (χ1v) is 15.1. The largest absolute Gasteiger partial charge is 0.573 e. The third-order valence-electron chi connectivity index (χ3n) is 7.91. The van der Waals surface area contributed by atoms with E-state index >= 15 is 0 Å². The van der Waals surface area contributed by atoms with E-state index in [1.807, 2.05) is 0 Å². The van der Waals surface area contributed by atoms with Gasteiger partial charge >= 0.3 is 30.9 Å². The van der Waals surface area contributed by atoms with E-state index < -0.39 is 66.8 Å². The number of carboxylic acid groups (broad SMARTS) is 1. The van der Waals surface area contributed by atoms with Crippen molar-refractivity contribution in [2.45, 2.75) is 56.5 Å². The molecule has 3 aromatic rings. The fourth-order valence-corrected chi connectivity index (χ4v) is 5.79. The molecule has 0 heterocycles. The van der Waals surface area contributed by atoms with Crippen molar-refractivity contribution in [3.8, 4) is 17.2 Å². The predicted molar refractivity (Wildman–Crippen MR) is 158 cm³/mol. The van der Waals surface area contributed by atoms with Crippen molar-refractivity contribution in [1.82, 2.24) is 10.6 Å². The van der Waals surface area contributed by atoms with Gasteiger partial charge in [0.15, 0.2) is 0 Å². The fraction of sp³-hybridized carbons (Fsp3) is 0.394. The van der Waals surface area contributed by atoms with E-state index in [2.05, 4.69) is 14.8 Å². The molecule has 50 heavy (non-hydrogen) atoms. The summed E-state index contributed by atoms with van der Waals surface area (Å²) in [4.78, 5) is 24.4. The molecule has 2 atom stereocenters. The molecular weight excluding hydrogens is 691 g/mol. The summed E-state index contributed by atoms with van der Waals surface area (Å²) in [6.07, 6.45) is -13.1. The summed E-state index contributed by atoms with van der Waals surface area (Å²) in [5.74, 6) is -2.59. The molecule has 0 radical (unpaired) electrons. The highest BCUT2D eigenvalue weighted by Crippen LogP contribution is 2.39. The number of ether oxygens (including phenoxy) is 3. The van der Waals surface area contributed by atoms with E-state index in [-0.39, 0.29) is 23.7 Å². The molecule has 0 aliphatic heterocycles. The molecule has 4 rings (SSSR count). The Bertz CT molecular complexity index is 1550. The van der Waals surface area contributed by atoms with Gasteiger partial charge in [-0.1, -0.05) is 42.8 Å². The standard InChI is InChI=1S/C33H31F9N2O6/c34-31(35,36)19-43-29(47)44-30(23-6-2-8-26(15-23)49-32(37,38)39,24-7-3-9-27(16-24)50-33(40,41)42)17-20-10-12-25(13-11-20)48-18-21-4-1-5-22(14-21)28(45)46/h2-3,6-13,15-16,21-22H,1,4-5,14,17-19H2,(H,45,46)(H2,43,44,47)/t21-,22+/m1/s1. The monoisotopic (exact) mass is 722 g/mol. The third-order valence-corrected chi connectivity index (χ3v) is 7.91. The van der Waals surface area contributed by atoms with Crippen LogP contribution in [0.1, 0.15) is 42.4 Å². The fourth-order valence-electron chi connectivity index (χ4n) is 5.79. The lowest BCUT2D eigenvalue weighted by molar-refractivity contribution is -0.275. The van der Waals surface area contributed by atoms with Gasteiger partial charge in [0.05, 0.1) is 18.1 Å². The Morgan fingerprint density at radius 2 is 1.32 bits per heavy atom.